The van der Waals surface area contributed by atoms with Crippen LogP contribution in [0.1, 0.15) is 25.8 Å². The highest BCUT2D eigenvalue weighted by Crippen LogP contribution is 2.21. The molecule has 18 heavy (non-hydrogen) atoms. The fourth-order valence-electron chi connectivity index (χ4n) is 1.69. The summed E-state index contributed by atoms with van der Waals surface area (Å²) in [6.07, 6.45) is 0.945. The van der Waals surface area contributed by atoms with Gasteiger partial charge < -0.3 is 15.4 Å². The lowest BCUT2D eigenvalue weighted by Crippen LogP contribution is -2.18. The van der Waals surface area contributed by atoms with Crippen molar-refractivity contribution in [3.05, 3.63) is 23.8 Å². The number of rotatable bonds is 6. The van der Waals surface area contributed by atoms with Gasteiger partial charge >= 0.3 is 0 Å². The Balaban J connectivity index is 2.71. The molecular formula is C14H22N2O2. The maximum atomic E-state index is 11.0. The van der Waals surface area contributed by atoms with Gasteiger partial charge in [0.1, 0.15) is 0 Å². The van der Waals surface area contributed by atoms with E-state index in [1.807, 2.05) is 25.1 Å². The van der Waals surface area contributed by atoms with Crippen LogP contribution in [0.5, 0.6) is 0 Å². The second-order valence-corrected chi connectivity index (χ2v) is 4.54. The molecule has 1 aromatic carbocycles. The summed E-state index contributed by atoms with van der Waals surface area (Å²) in [5, 5.41) is 6.21. The zero-order valence-electron chi connectivity index (χ0n) is 11.5. The van der Waals surface area contributed by atoms with Gasteiger partial charge in [0.25, 0.3) is 0 Å². The Morgan fingerprint density at radius 2 is 2.17 bits per heavy atom. The molecule has 0 bridgehead atoms. The van der Waals surface area contributed by atoms with Gasteiger partial charge in [0.05, 0.1) is 0 Å². The number of anilines is 2. The zero-order valence-corrected chi connectivity index (χ0v) is 11.5. The third-order valence-corrected chi connectivity index (χ3v) is 2.71. The lowest BCUT2D eigenvalue weighted by atomic mass is 10.1. The third-order valence-electron chi connectivity index (χ3n) is 2.71. The fraction of sp³-hybridized carbons (Fsp3) is 0.500. The molecule has 0 aliphatic heterocycles. The van der Waals surface area contributed by atoms with Gasteiger partial charge in [-0.1, -0.05) is 6.07 Å². The number of aryl methyl sites for hydroxylation is 1. The average Bonchev–Trinajstić information content (AvgIpc) is 2.30. The van der Waals surface area contributed by atoms with Gasteiger partial charge in [-0.15, -0.1) is 0 Å². The van der Waals surface area contributed by atoms with E-state index in [9.17, 15) is 4.79 Å². The van der Waals surface area contributed by atoms with Crippen molar-refractivity contribution in [3.63, 3.8) is 0 Å². The minimum absolute atomic E-state index is 0.0581. The molecule has 1 rings (SSSR count). The van der Waals surface area contributed by atoms with Crippen molar-refractivity contribution >= 4 is 17.3 Å². The summed E-state index contributed by atoms with van der Waals surface area (Å²) in [6, 6.07) is 6.19. The summed E-state index contributed by atoms with van der Waals surface area (Å²) in [4.78, 5) is 11.0. The highest BCUT2D eigenvalue weighted by molar-refractivity contribution is 5.89. The van der Waals surface area contributed by atoms with Gasteiger partial charge in [0.15, 0.2) is 0 Å². The van der Waals surface area contributed by atoms with Gasteiger partial charge in [0.2, 0.25) is 5.91 Å². The molecule has 1 unspecified atom stereocenters. The van der Waals surface area contributed by atoms with Crippen molar-refractivity contribution in [2.45, 2.75) is 33.2 Å². The molecule has 0 aliphatic carbocycles. The lowest BCUT2D eigenvalue weighted by molar-refractivity contribution is -0.114. The minimum atomic E-state index is -0.0581. The van der Waals surface area contributed by atoms with E-state index < -0.39 is 0 Å². The van der Waals surface area contributed by atoms with E-state index in [0.717, 1.165) is 30.0 Å². The molecule has 2 N–H and O–H groups in total. The van der Waals surface area contributed by atoms with Gasteiger partial charge in [0, 0.05) is 38.1 Å². The quantitative estimate of drug-likeness (QED) is 0.816. The molecule has 0 radical (unpaired) electrons. The third kappa shape index (κ3) is 4.75. The standard InChI is InChI=1S/C14H22N2O2/c1-10-5-6-13(16-12(3)17)9-14(10)15-11(2)7-8-18-4/h5-6,9,11,15H,7-8H2,1-4H3,(H,16,17). The summed E-state index contributed by atoms with van der Waals surface area (Å²) >= 11 is 0. The van der Waals surface area contributed by atoms with Crippen LogP contribution in [0.3, 0.4) is 0 Å². The maximum absolute atomic E-state index is 11.0. The minimum Gasteiger partial charge on any atom is -0.385 e. The van der Waals surface area contributed by atoms with E-state index in [-0.39, 0.29) is 5.91 Å². The molecule has 0 spiro atoms. The molecule has 4 nitrogen and oxygen atoms in total. The molecule has 1 amide bonds. The van der Waals surface area contributed by atoms with E-state index in [0.29, 0.717) is 6.04 Å². The first kappa shape index (κ1) is 14.5. The largest absolute Gasteiger partial charge is 0.385 e. The van der Waals surface area contributed by atoms with E-state index >= 15 is 0 Å². The molecule has 0 saturated carbocycles. The highest BCUT2D eigenvalue weighted by Gasteiger charge is 2.06. The van der Waals surface area contributed by atoms with Crippen molar-refractivity contribution in [1.82, 2.24) is 0 Å². The van der Waals surface area contributed by atoms with E-state index in [1.54, 1.807) is 7.11 Å². The summed E-state index contributed by atoms with van der Waals surface area (Å²) in [5.74, 6) is -0.0581. The lowest BCUT2D eigenvalue weighted by Gasteiger charge is -2.17. The maximum Gasteiger partial charge on any atom is 0.221 e. The Bertz CT molecular complexity index is 405. The van der Waals surface area contributed by atoms with Gasteiger partial charge in [-0.2, -0.15) is 0 Å². The molecule has 0 heterocycles. The Morgan fingerprint density at radius 3 is 2.78 bits per heavy atom. The van der Waals surface area contributed by atoms with Crippen LogP contribution in [0.4, 0.5) is 11.4 Å². The molecule has 1 aromatic rings. The number of methoxy groups -OCH3 is 1. The van der Waals surface area contributed by atoms with E-state index in [4.69, 9.17) is 4.74 Å². The van der Waals surface area contributed by atoms with E-state index in [2.05, 4.69) is 17.6 Å². The van der Waals surface area contributed by atoms with E-state index in [1.165, 1.54) is 6.92 Å². The van der Waals surface area contributed by atoms with Gasteiger partial charge in [-0.3, -0.25) is 4.79 Å². The molecular weight excluding hydrogens is 228 g/mol. The molecule has 1 atom stereocenters. The van der Waals surface area contributed by atoms with Crippen molar-refractivity contribution in [3.8, 4) is 0 Å². The predicted octanol–water partition coefficient (Wildman–Crippen LogP) is 2.79. The van der Waals surface area contributed by atoms with Crippen LogP contribution >= 0.6 is 0 Å². The number of carbonyl (C=O) groups excluding carboxylic acids is 1. The van der Waals surface area contributed by atoms with Crippen molar-refractivity contribution in [2.24, 2.45) is 0 Å². The molecule has 4 heteroatoms. The molecule has 100 valence electrons. The summed E-state index contributed by atoms with van der Waals surface area (Å²) in [7, 11) is 1.70. The predicted molar refractivity (Wildman–Crippen MR) is 75.1 cm³/mol. The van der Waals surface area contributed by atoms with Crippen LogP contribution in [-0.2, 0) is 9.53 Å². The summed E-state index contributed by atoms with van der Waals surface area (Å²) in [5.41, 5.74) is 3.02. The van der Waals surface area contributed by atoms with Crippen LogP contribution in [0.2, 0.25) is 0 Å². The first-order valence-corrected chi connectivity index (χ1v) is 6.16. The number of benzene rings is 1. The van der Waals surface area contributed by atoms with Gasteiger partial charge in [-0.25, -0.2) is 0 Å². The first-order valence-electron chi connectivity index (χ1n) is 6.16. The van der Waals surface area contributed by atoms with Crippen molar-refractivity contribution < 1.29 is 9.53 Å². The average molecular weight is 250 g/mol. The Labute approximate surface area is 109 Å². The molecule has 0 saturated heterocycles. The van der Waals surface area contributed by atoms with Crippen LogP contribution in [-0.4, -0.2) is 25.7 Å². The Kier molecular flexibility index (Phi) is 5.65. The number of ether oxygens (including phenoxy) is 1. The molecule has 0 aliphatic rings. The summed E-state index contributed by atoms with van der Waals surface area (Å²) < 4.78 is 5.06. The zero-order chi connectivity index (χ0) is 13.5. The topological polar surface area (TPSA) is 50.4 Å². The number of carbonyl (C=O) groups is 1. The normalized spacial score (nSPS) is 12.0. The number of amides is 1. The SMILES string of the molecule is COCCC(C)Nc1cc(NC(C)=O)ccc1C. The molecule has 0 aromatic heterocycles. The van der Waals surface area contributed by atoms with Crippen molar-refractivity contribution in [1.29, 1.82) is 0 Å². The monoisotopic (exact) mass is 250 g/mol. The van der Waals surface area contributed by atoms with Crippen LogP contribution in [0.25, 0.3) is 0 Å². The highest BCUT2D eigenvalue weighted by atomic mass is 16.5. The van der Waals surface area contributed by atoms with Crippen LogP contribution in [0.15, 0.2) is 18.2 Å². The molecule has 0 fully saturated rings. The van der Waals surface area contributed by atoms with Crippen LogP contribution in [0, 0.1) is 6.92 Å². The number of hydrogen-bond donors (Lipinski definition) is 2. The Morgan fingerprint density at radius 1 is 1.44 bits per heavy atom. The van der Waals surface area contributed by atoms with Crippen molar-refractivity contribution in [2.75, 3.05) is 24.4 Å². The Hall–Kier alpha value is -1.55. The summed E-state index contributed by atoms with van der Waals surface area (Å²) in [6.45, 7) is 6.40. The van der Waals surface area contributed by atoms with Gasteiger partial charge in [-0.05, 0) is 38.0 Å². The second-order valence-electron chi connectivity index (χ2n) is 4.54. The number of hydrogen-bond acceptors (Lipinski definition) is 3. The first-order chi connectivity index (χ1) is 8.52. The number of nitrogens with one attached hydrogen (secondary N) is 2. The smallest absolute Gasteiger partial charge is 0.221 e. The van der Waals surface area contributed by atoms with Crippen LogP contribution < -0.4 is 10.6 Å². The second kappa shape index (κ2) is 7.01. The fourth-order valence-corrected chi connectivity index (χ4v) is 1.69.